The molecule has 1 aromatic rings. The molecule has 0 bridgehead atoms. The SMILES string of the molecule is CC(NCC(O)COc1ccc(F)cc1)C1CCCC1. The van der Waals surface area contributed by atoms with E-state index in [0.717, 1.165) is 5.92 Å². The molecule has 1 aliphatic rings. The molecule has 1 aromatic carbocycles. The molecule has 2 unspecified atom stereocenters. The first-order valence-electron chi connectivity index (χ1n) is 7.45. The first-order valence-corrected chi connectivity index (χ1v) is 7.45. The van der Waals surface area contributed by atoms with Crippen LogP contribution in [0.4, 0.5) is 4.39 Å². The van der Waals surface area contributed by atoms with E-state index in [1.165, 1.54) is 37.8 Å². The van der Waals surface area contributed by atoms with Crippen LogP contribution in [0, 0.1) is 11.7 Å². The molecular formula is C16H24FNO2. The van der Waals surface area contributed by atoms with E-state index in [0.29, 0.717) is 18.3 Å². The molecular weight excluding hydrogens is 257 g/mol. The number of hydrogen-bond donors (Lipinski definition) is 2. The van der Waals surface area contributed by atoms with Gasteiger partial charge < -0.3 is 15.2 Å². The minimum Gasteiger partial charge on any atom is -0.491 e. The molecule has 2 N–H and O–H groups in total. The smallest absolute Gasteiger partial charge is 0.123 e. The second-order valence-electron chi connectivity index (χ2n) is 5.66. The van der Waals surface area contributed by atoms with Gasteiger partial charge in [-0.05, 0) is 49.9 Å². The zero-order valence-electron chi connectivity index (χ0n) is 12.0. The van der Waals surface area contributed by atoms with E-state index in [4.69, 9.17) is 4.74 Å². The van der Waals surface area contributed by atoms with Gasteiger partial charge >= 0.3 is 0 Å². The third-order valence-corrected chi connectivity index (χ3v) is 4.04. The third kappa shape index (κ3) is 4.76. The molecule has 3 nitrogen and oxygen atoms in total. The number of hydrogen-bond acceptors (Lipinski definition) is 3. The molecule has 0 saturated heterocycles. The van der Waals surface area contributed by atoms with Crippen LogP contribution in [0.25, 0.3) is 0 Å². The van der Waals surface area contributed by atoms with Crippen LogP contribution in [0.2, 0.25) is 0 Å². The lowest BCUT2D eigenvalue weighted by atomic mass is 10.00. The Bertz CT molecular complexity index is 390. The van der Waals surface area contributed by atoms with E-state index in [2.05, 4.69) is 12.2 Å². The molecule has 2 atom stereocenters. The van der Waals surface area contributed by atoms with Crippen LogP contribution < -0.4 is 10.1 Å². The topological polar surface area (TPSA) is 41.5 Å². The lowest BCUT2D eigenvalue weighted by Crippen LogP contribution is -2.39. The Kier molecular flexibility index (Phi) is 5.80. The zero-order chi connectivity index (χ0) is 14.4. The van der Waals surface area contributed by atoms with Gasteiger partial charge in [-0.15, -0.1) is 0 Å². The summed E-state index contributed by atoms with van der Waals surface area (Å²) >= 11 is 0. The Balaban J connectivity index is 1.64. The van der Waals surface area contributed by atoms with Crippen molar-refractivity contribution in [1.82, 2.24) is 5.32 Å². The number of halogens is 1. The van der Waals surface area contributed by atoms with Crippen molar-refractivity contribution in [2.75, 3.05) is 13.2 Å². The number of ether oxygens (including phenoxy) is 1. The van der Waals surface area contributed by atoms with E-state index < -0.39 is 6.10 Å². The number of benzene rings is 1. The molecule has 0 radical (unpaired) electrons. The van der Waals surface area contributed by atoms with Gasteiger partial charge in [-0.2, -0.15) is 0 Å². The minimum absolute atomic E-state index is 0.218. The average molecular weight is 281 g/mol. The number of aliphatic hydroxyl groups excluding tert-OH is 1. The molecule has 20 heavy (non-hydrogen) atoms. The molecule has 0 aromatic heterocycles. The highest BCUT2D eigenvalue weighted by molar-refractivity contribution is 5.22. The summed E-state index contributed by atoms with van der Waals surface area (Å²) in [6.07, 6.45) is 4.68. The van der Waals surface area contributed by atoms with Crippen molar-refractivity contribution >= 4 is 0 Å². The predicted octanol–water partition coefficient (Wildman–Crippen LogP) is 2.73. The Labute approximate surface area is 120 Å². The fourth-order valence-corrected chi connectivity index (χ4v) is 2.73. The molecule has 1 aliphatic carbocycles. The summed E-state index contributed by atoms with van der Waals surface area (Å²) in [5.41, 5.74) is 0. The van der Waals surface area contributed by atoms with Gasteiger partial charge in [0.15, 0.2) is 0 Å². The van der Waals surface area contributed by atoms with Gasteiger partial charge in [0.1, 0.15) is 24.3 Å². The van der Waals surface area contributed by atoms with Crippen LogP contribution in [-0.4, -0.2) is 30.4 Å². The van der Waals surface area contributed by atoms with Crippen molar-refractivity contribution in [3.63, 3.8) is 0 Å². The predicted molar refractivity (Wildman–Crippen MR) is 77.3 cm³/mol. The molecule has 0 spiro atoms. The molecule has 0 amide bonds. The van der Waals surface area contributed by atoms with Crippen molar-refractivity contribution < 1.29 is 14.2 Å². The summed E-state index contributed by atoms with van der Waals surface area (Å²) in [5, 5.41) is 13.3. The molecule has 0 aliphatic heterocycles. The lowest BCUT2D eigenvalue weighted by Gasteiger charge is -2.22. The first-order chi connectivity index (χ1) is 9.65. The van der Waals surface area contributed by atoms with Gasteiger partial charge in [0.2, 0.25) is 0 Å². The Morgan fingerprint density at radius 3 is 2.60 bits per heavy atom. The van der Waals surface area contributed by atoms with Crippen molar-refractivity contribution in [1.29, 1.82) is 0 Å². The van der Waals surface area contributed by atoms with Crippen LogP contribution in [0.3, 0.4) is 0 Å². The standard InChI is InChI=1S/C16H24FNO2/c1-12(13-4-2-3-5-13)18-10-15(19)11-20-16-8-6-14(17)7-9-16/h6-9,12-13,15,18-19H,2-5,10-11H2,1H3. The van der Waals surface area contributed by atoms with E-state index in [9.17, 15) is 9.50 Å². The summed E-state index contributed by atoms with van der Waals surface area (Å²) < 4.78 is 18.2. The molecule has 1 fully saturated rings. The van der Waals surface area contributed by atoms with Gasteiger partial charge in [-0.25, -0.2) is 4.39 Å². The number of rotatable bonds is 7. The monoisotopic (exact) mass is 281 g/mol. The van der Waals surface area contributed by atoms with Crippen LogP contribution in [0.1, 0.15) is 32.6 Å². The second kappa shape index (κ2) is 7.60. The Morgan fingerprint density at radius 2 is 1.95 bits per heavy atom. The second-order valence-corrected chi connectivity index (χ2v) is 5.66. The quantitative estimate of drug-likeness (QED) is 0.807. The Morgan fingerprint density at radius 1 is 1.30 bits per heavy atom. The fourth-order valence-electron chi connectivity index (χ4n) is 2.73. The highest BCUT2D eigenvalue weighted by Gasteiger charge is 2.21. The lowest BCUT2D eigenvalue weighted by molar-refractivity contribution is 0.102. The molecule has 0 heterocycles. The van der Waals surface area contributed by atoms with Gasteiger partial charge in [0, 0.05) is 12.6 Å². The van der Waals surface area contributed by atoms with Gasteiger partial charge in [-0.1, -0.05) is 12.8 Å². The maximum absolute atomic E-state index is 12.7. The first kappa shape index (κ1) is 15.3. The van der Waals surface area contributed by atoms with Crippen molar-refractivity contribution in [2.45, 2.75) is 44.8 Å². The van der Waals surface area contributed by atoms with Gasteiger partial charge in [0.05, 0.1) is 0 Å². The van der Waals surface area contributed by atoms with E-state index in [1.807, 2.05) is 0 Å². The summed E-state index contributed by atoms with van der Waals surface area (Å²) in [6, 6.07) is 6.27. The molecule has 112 valence electrons. The number of aliphatic hydroxyl groups is 1. The fraction of sp³-hybridized carbons (Fsp3) is 0.625. The van der Waals surface area contributed by atoms with Crippen molar-refractivity contribution in [2.24, 2.45) is 5.92 Å². The highest BCUT2D eigenvalue weighted by atomic mass is 19.1. The maximum atomic E-state index is 12.7. The molecule has 2 rings (SSSR count). The van der Waals surface area contributed by atoms with Crippen LogP contribution in [0.15, 0.2) is 24.3 Å². The summed E-state index contributed by atoms with van der Waals surface area (Å²) in [7, 11) is 0. The van der Waals surface area contributed by atoms with Gasteiger partial charge in [0.25, 0.3) is 0 Å². The summed E-state index contributed by atoms with van der Waals surface area (Å²) in [6.45, 7) is 2.93. The summed E-state index contributed by atoms with van der Waals surface area (Å²) in [5.74, 6) is 1.03. The molecule has 1 saturated carbocycles. The maximum Gasteiger partial charge on any atom is 0.123 e. The Hall–Kier alpha value is -1.13. The molecule has 4 heteroatoms. The van der Waals surface area contributed by atoms with E-state index in [1.54, 1.807) is 12.1 Å². The summed E-state index contributed by atoms with van der Waals surface area (Å²) in [4.78, 5) is 0. The number of nitrogens with one attached hydrogen (secondary N) is 1. The van der Waals surface area contributed by atoms with E-state index in [-0.39, 0.29) is 12.4 Å². The normalized spacial score (nSPS) is 18.9. The van der Waals surface area contributed by atoms with Crippen molar-refractivity contribution in [3.8, 4) is 5.75 Å². The highest BCUT2D eigenvalue weighted by Crippen LogP contribution is 2.27. The average Bonchev–Trinajstić information content (AvgIpc) is 2.98. The van der Waals surface area contributed by atoms with Gasteiger partial charge in [-0.3, -0.25) is 0 Å². The van der Waals surface area contributed by atoms with Crippen LogP contribution in [0.5, 0.6) is 5.75 Å². The minimum atomic E-state index is -0.552. The van der Waals surface area contributed by atoms with Crippen LogP contribution >= 0.6 is 0 Å². The van der Waals surface area contributed by atoms with E-state index >= 15 is 0 Å². The third-order valence-electron chi connectivity index (χ3n) is 4.04. The zero-order valence-corrected chi connectivity index (χ0v) is 12.0. The van der Waals surface area contributed by atoms with Crippen molar-refractivity contribution in [3.05, 3.63) is 30.1 Å². The largest absolute Gasteiger partial charge is 0.491 e. The van der Waals surface area contributed by atoms with Crippen LogP contribution in [-0.2, 0) is 0 Å².